The summed E-state index contributed by atoms with van der Waals surface area (Å²) in [5.41, 5.74) is 14.7. The number of aliphatic hydroxyl groups excluding tert-OH is 1. The monoisotopic (exact) mass is 555 g/mol. The van der Waals surface area contributed by atoms with Crippen LogP contribution in [0.5, 0.6) is 0 Å². The lowest BCUT2D eigenvalue weighted by molar-refractivity contribution is 0.136. The molecule has 5 heteroatoms. The van der Waals surface area contributed by atoms with Crippen LogP contribution < -0.4 is 16.4 Å². The van der Waals surface area contributed by atoms with Crippen molar-refractivity contribution in [1.29, 1.82) is 0 Å². The van der Waals surface area contributed by atoms with Crippen LogP contribution in [-0.2, 0) is 17.4 Å². The maximum Gasteiger partial charge on any atom is 0.0818 e. The van der Waals surface area contributed by atoms with Crippen LogP contribution in [0.25, 0.3) is 11.1 Å². The summed E-state index contributed by atoms with van der Waals surface area (Å²) >= 11 is 0. The number of halogens is 1. The summed E-state index contributed by atoms with van der Waals surface area (Å²) in [6.45, 7) is 7.22. The molecule has 0 bridgehead atoms. The third-order valence-corrected chi connectivity index (χ3v) is 7.86. The van der Waals surface area contributed by atoms with Crippen LogP contribution in [0.4, 0.5) is 11.4 Å². The molecule has 5 N–H and O–H groups in total. The zero-order valence-corrected chi connectivity index (χ0v) is 24.5. The third kappa shape index (κ3) is 7.32. The molecule has 210 valence electrons. The van der Waals surface area contributed by atoms with E-state index in [-0.39, 0.29) is 29.4 Å². The lowest BCUT2D eigenvalue weighted by Crippen LogP contribution is -2.45. The van der Waals surface area contributed by atoms with Crippen molar-refractivity contribution in [2.75, 3.05) is 11.9 Å². The zero-order chi connectivity index (χ0) is 27.5. The molecular formula is C35H42ClN3O. The molecule has 1 aliphatic carbocycles. The summed E-state index contributed by atoms with van der Waals surface area (Å²) in [4.78, 5) is 0. The number of aliphatic hydroxyl groups is 1. The topological polar surface area (TPSA) is 70.3 Å². The van der Waals surface area contributed by atoms with E-state index < -0.39 is 6.10 Å². The molecule has 1 saturated carbocycles. The van der Waals surface area contributed by atoms with Crippen molar-refractivity contribution in [3.05, 3.63) is 120 Å². The van der Waals surface area contributed by atoms with E-state index >= 15 is 0 Å². The van der Waals surface area contributed by atoms with E-state index in [1.54, 1.807) is 0 Å². The van der Waals surface area contributed by atoms with Gasteiger partial charge in [0.2, 0.25) is 0 Å². The predicted molar refractivity (Wildman–Crippen MR) is 171 cm³/mol. The number of hydrogen-bond acceptors (Lipinski definition) is 4. The van der Waals surface area contributed by atoms with Crippen molar-refractivity contribution >= 4 is 23.8 Å². The minimum Gasteiger partial charge on any atom is -0.390 e. The number of rotatable bonds is 10. The average Bonchev–Trinajstić information content (AvgIpc) is 3.74. The van der Waals surface area contributed by atoms with Gasteiger partial charge >= 0.3 is 0 Å². The Labute approximate surface area is 245 Å². The lowest BCUT2D eigenvalue weighted by Gasteiger charge is -2.26. The van der Waals surface area contributed by atoms with Gasteiger partial charge in [-0.3, -0.25) is 0 Å². The number of nitrogens with one attached hydrogen (secondary N) is 2. The fraction of sp³-hybridized carbons (Fsp3) is 0.314. The summed E-state index contributed by atoms with van der Waals surface area (Å²) in [7, 11) is 0. The fourth-order valence-corrected chi connectivity index (χ4v) is 5.13. The summed E-state index contributed by atoms with van der Waals surface area (Å²) < 4.78 is 0. The number of nitrogens with two attached hydrogens (primary N) is 1. The van der Waals surface area contributed by atoms with Gasteiger partial charge in [-0.05, 0) is 76.8 Å². The molecule has 0 amide bonds. The standard InChI is InChI=1S/C35H41N3O.ClH/c1-34(2,3)28-12-8-13-29(23-28)35(19-20-35)37-24-33(39)32(36)21-25-15-17-30(18-16-25)38-31-14-7-11-27(22-31)26-9-5-4-6-10-26;/h4-18,22-23,32-33,37-39H,19-21,24,36H2,1-3H3;1H/t32-,33+;/m0./s1. The molecule has 0 radical (unpaired) electrons. The molecule has 4 aromatic carbocycles. The van der Waals surface area contributed by atoms with Crippen LogP contribution in [0.2, 0.25) is 0 Å². The second-order valence-electron chi connectivity index (χ2n) is 12.0. The Bertz CT molecular complexity index is 1380. The number of hydrogen-bond donors (Lipinski definition) is 4. The smallest absolute Gasteiger partial charge is 0.0818 e. The van der Waals surface area contributed by atoms with Gasteiger partial charge in [-0.15, -0.1) is 12.4 Å². The van der Waals surface area contributed by atoms with Gasteiger partial charge in [-0.2, -0.15) is 0 Å². The van der Waals surface area contributed by atoms with Crippen LogP contribution in [0.15, 0.2) is 103 Å². The molecule has 0 heterocycles. The summed E-state index contributed by atoms with van der Waals surface area (Å²) in [6, 6.07) is 35.7. The maximum atomic E-state index is 10.9. The Morgan fingerprint density at radius 1 is 0.800 bits per heavy atom. The van der Waals surface area contributed by atoms with E-state index in [0.717, 1.165) is 29.8 Å². The van der Waals surface area contributed by atoms with Gasteiger partial charge in [-0.1, -0.05) is 99.6 Å². The molecule has 40 heavy (non-hydrogen) atoms. The van der Waals surface area contributed by atoms with E-state index in [0.29, 0.717) is 13.0 Å². The van der Waals surface area contributed by atoms with Crippen molar-refractivity contribution in [2.24, 2.45) is 5.73 Å². The van der Waals surface area contributed by atoms with Gasteiger partial charge in [0.1, 0.15) is 0 Å². The first-order chi connectivity index (χ1) is 18.7. The Morgan fingerprint density at radius 2 is 1.48 bits per heavy atom. The molecule has 4 aromatic rings. The molecule has 1 aliphatic rings. The Kier molecular flexibility index (Phi) is 9.37. The Balaban J connectivity index is 0.00000370. The van der Waals surface area contributed by atoms with Gasteiger partial charge in [0.25, 0.3) is 0 Å². The van der Waals surface area contributed by atoms with Gasteiger partial charge in [0.05, 0.1) is 6.10 Å². The number of benzene rings is 4. The largest absolute Gasteiger partial charge is 0.390 e. The highest BCUT2D eigenvalue weighted by molar-refractivity contribution is 5.85. The quantitative estimate of drug-likeness (QED) is 0.165. The van der Waals surface area contributed by atoms with Crippen molar-refractivity contribution in [3.63, 3.8) is 0 Å². The Hall–Kier alpha value is -3.15. The molecule has 0 saturated heterocycles. The van der Waals surface area contributed by atoms with E-state index in [9.17, 15) is 5.11 Å². The number of anilines is 2. The highest BCUT2D eigenvalue weighted by Gasteiger charge is 2.44. The minimum atomic E-state index is -0.619. The first-order valence-electron chi connectivity index (χ1n) is 14.0. The average molecular weight is 556 g/mol. The van der Waals surface area contributed by atoms with Gasteiger partial charge in [0.15, 0.2) is 0 Å². The van der Waals surface area contributed by atoms with Crippen LogP contribution in [0, 0.1) is 0 Å². The molecule has 1 fully saturated rings. The third-order valence-electron chi connectivity index (χ3n) is 7.86. The highest BCUT2D eigenvalue weighted by Crippen LogP contribution is 2.46. The van der Waals surface area contributed by atoms with Crippen molar-refractivity contribution in [1.82, 2.24) is 5.32 Å². The summed E-state index contributed by atoms with van der Waals surface area (Å²) in [5, 5.41) is 18.0. The van der Waals surface area contributed by atoms with E-state index in [1.807, 2.05) is 6.07 Å². The van der Waals surface area contributed by atoms with Crippen molar-refractivity contribution in [2.45, 2.75) is 63.1 Å². The second-order valence-corrected chi connectivity index (χ2v) is 12.0. The summed E-state index contributed by atoms with van der Waals surface area (Å²) in [5.74, 6) is 0. The van der Waals surface area contributed by atoms with Crippen molar-refractivity contribution in [3.8, 4) is 11.1 Å². The molecule has 2 atom stereocenters. The maximum absolute atomic E-state index is 10.9. The van der Waals surface area contributed by atoms with E-state index in [4.69, 9.17) is 5.73 Å². The molecule has 0 spiro atoms. The SMILES string of the molecule is CC(C)(C)c1cccc(C2(NC[C@@H](O)[C@@H](N)Cc3ccc(Nc4cccc(-c5ccccc5)c4)cc3)CC2)c1.Cl. The fourth-order valence-electron chi connectivity index (χ4n) is 5.13. The molecular weight excluding hydrogens is 514 g/mol. The normalized spacial score (nSPS) is 15.5. The van der Waals surface area contributed by atoms with E-state index in [2.05, 4.69) is 128 Å². The summed E-state index contributed by atoms with van der Waals surface area (Å²) in [6.07, 6.45) is 2.18. The lowest BCUT2D eigenvalue weighted by atomic mass is 9.85. The molecule has 4 nitrogen and oxygen atoms in total. The molecule has 0 unspecified atom stereocenters. The van der Waals surface area contributed by atoms with Crippen LogP contribution in [-0.4, -0.2) is 23.8 Å². The first-order valence-corrected chi connectivity index (χ1v) is 14.0. The van der Waals surface area contributed by atoms with Crippen LogP contribution in [0.3, 0.4) is 0 Å². The highest BCUT2D eigenvalue weighted by atomic mass is 35.5. The van der Waals surface area contributed by atoms with Gasteiger partial charge < -0.3 is 21.5 Å². The molecule has 0 aliphatic heterocycles. The van der Waals surface area contributed by atoms with Crippen LogP contribution in [0.1, 0.15) is 50.3 Å². The van der Waals surface area contributed by atoms with Crippen LogP contribution >= 0.6 is 12.4 Å². The van der Waals surface area contributed by atoms with Crippen molar-refractivity contribution < 1.29 is 5.11 Å². The minimum absolute atomic E-state index is 0. The Morgan fingerprint density at radius 3 is 2.15 bits per heavy atom. The van der Waals surface area contributed by atoms with E-state index in [1.165, 1.54) is 22.3 Å². The van der Waals surface area contributed by atoms with Gasteiger partial charge in [0, 0.05) is 29.5 Å². The first kappa shape index (κ1) is 29.8. The van der Waals surface area contributed by atoms with Gasteiger partial charge in [-0.25, -0.2) is 0 Å². The molecule has 5 rings (SSSR count). The zero-order valence-electron chi connectivity index (χ0n) is 23.7. The molecule has 0 aromatic heterocycles. The predicted octanol–water partition coefficient (Wildman–Crippen LogP) is 7.33. The second kappa shape index (κ2) is 12.6.